The van der Waals surface area contributed by atoms with Crippen LogP contribution in [0.5, 0.6) is 5.75 Å². The minimum Gasteiger partial charge on any atom is -0.489 e. The number of hydrogen-bond donors (Lipinski definition) is 0. The number of thiophene rings is 1. The summed E-state index contributed by atoms with van der Waals surface area (Å²) in [5.41, 5.74) is 0.971. The molecule has 1 aromatic heterocycles. The lowest BCUT2D eigenvalue weighted by molar-refractivity contribution is 0.0692. The molecule has 4 rings (SSSR count). The first-order valence-corrected chi connectivity index (χ1v) is 11.4. The van der Waals surface area contributed by atoms with Gasteiger partial charge in [0, 0.05) is 36.8 Å². The summed E-state index contributed by atoms with van der Waals surface area (Å²) >= 11 is 1.35. The Hall–Kier alpha value is -2.43. The van der Waals surface area contributed by atoms with Crippen LogP contribution in [0.25, 0.3) is 0 Å². The zero-order valence-corrected chi connectivity index (χ0v) is 18.0. The van der Waals surface area contributed by atoms with Gasteiger partial charge in [-0.1, -0.05) is 0 Å². The number of carbonyl (C=O) groups excluding carboxylic acids is 1. The number of amides is 1. The fourth-order valence-corrected chi connectivity index (χ4v) is 5.10. The van der Waals surface area contributed by atoms with Gasteiger partial charge in [0.25, 0.3) is 5.91 Å². The Bertz CT molecular complexity index is 954. The minimum atomic E-state index is -0.555. The Kier molecular flexibility index (Phi) is 6.35. The third-order valence-electron chi connectivity index (χ3n) is 6.11. The van der Waals surface area contributed by atoms with Crippen LogP contribution < -0.4 is 4.74 Å². The van der Waals surface area contributed by atoms with Crippen LogP contribution in [-0.2, 0) is 6.61 Å². The fourth-order valence-electron chi connectivity index (χ4n) is 4.42. The van der Waals surface area contributed by atoms with E-state index in [2.05, 4.69) is 17.9 Å². The van der Waals surface area contributed by atoms with E-state index in [-0.39, 0.29) is 24.1 Å². The Labute approximate surface area is 180 Å². The van der Waals surface area contributed by atoms with Crippen LogP contribution in [0.15, 0.2) is 29.6 Å². The van der Waals surface area contributed by atoms with Crippen LogP contribution in [0.1, 0.15) is 53.4 Å². The molecule has 5 nitrogen and oxygen atoms in total. The molecule has 0 spiro atoms. The molecule has 3 heterocycles. The molecule has 0 aliphatic carbocycles. The molecule has 0 radical (unpaired) electrons. The van der Waals surface area contributed by atoms with Gasteiger partial charge in [0.15, 0.2) is 0 Å². The highest BCUT2D eigenvalue weighted by atomic mass is 32.1. The smallest absolute Gasteiger partial charge is 0.257 e. The molecule has 2 atom stereocenters. The Morgan fingerprint density at radius 3 is 2.83 bits per heavy atom. The van der Waals surface area contributed by atoms with Crippen molar-refractivity contribution in [2.75, 3.05) is 19.6 Å². The lowest BCUT2D eigenvalue weighted by Crippen LogP contribution is -2.44. The Morgan fingerprint density at radius 2 is 2.13 bits per heavy atom. The van der Waals surface area contributed by atoms with E-state index in [0.29, 0.717) is 23.2 Å². The third kappa shape index (κ3) is 4.50. The molecule has 7 heteroatoms. The summed E-state index contributed by atoms with van der Waals surface area (Å²) in [5, 5.41) is 10.7. The first-order valence-electron chi connectivity index (χ1n) is 10.5. The van der Waals surface area contributed by atoms with Crippen molar-refractivity contribution in [1.82, 2.24) is 9.80 Å². The van der Waals surface area contributed by atoms with Gasteiger partial charge < -0.3 is 9.64 Å². The van der Waals surface area contributed by atoms with Gasteiger partial charge in [-0.05, 0) is 62.7 Å². The largest absolute Gasteiger partial charge is 0.489 e. The van der Waals surface area contributed by atoms with E-state index < -0.39 is 5.82 Å². The lowest BCUT2D eigenvalue weighted by Gasteiger charge is -2.31. The molecule has 2 saturated heterocycles. The second-order valence-corrected chi connectivity index (χ2v) is 9.05. The fraction of sp³-hybridized carbons (Fsp3) is 0.478. The summed E-state index contributed by atoms with van der Waals surface area (Å²) < 4.78 is 20.4. The number of halogens is 1. The number of ether oxygens (including phenoxy) is 1. The van der Waals surface area contributed by atoms with Crippen LogP contribution in [0.2, 0.25) is 0 Å². The van der Waals surface area contributed by atoms with Crippen molar-refractivity contribution >= 4 is 17.2 Å². The predicted octanol–water partition coefficient (Wildman–Crippen LogP) is 4.43. The summed E-state index contributed by atoms with van der Waals surface area (Å²) in [4.78, 5) is 18.0. The van der Waals surface area contributed by atoms with Crippen molar-refractivity contribution in [1.29, 1.82) is 5.26 Å². The van der Waals surface area contributed by atoms with Crippen molar-refractivity contribution in [3.63, 3.8) is 0 Å². The van der Waals surface area contributed by atoms with Crippen LogP contribution in [0.4, 0.5) is 4.39 Å². The summed E-state index contributed by atoms with van der Waals surface area (Å²) in [6, 6.07) is 9.00. The zero-order valence-electron chi connectivity index (χ0n) is 17.1. The van der Waals surface area contributed by atoms with Crippen LogP contribution in [-0.4, -0.2) is 47.4 Å². The monoisotopic (exact) mass is 427 g/mol. The summed E-state index contributed by atoms with van der Waals surface area (Å²) in [6.07, 6.45) is 4.36. The average molecular weight is 428 g/mol. The zero-order chi connectivity index (χ0) is 21.1. The minimum absolute atomic E-state index is 0.103. The molecule has 1 amide bonds. The van der Waals surface area contributed by atoms with E-state index in [0.717, 1.165) is 31.5 Å². The Balaban J connectivity index is 1.40. The summed E-state index contributed by atoms with van der Waals surface area (Å²) in [5.74, 6) is -0.414. The quantitative estimate of drug-likeness (QED) is 0.685. The molecular weight excluding hydrogens is 401 g/mol. The highest BCUT2D eigenvalue weighted by Crippen LogP contribution is 2.27. The molecule has 30 heavy (non-hydrogen) atoms. The number of carbonyl (C=O) groups is 1. The van der Waals surface area contributed by atoms with Gasteiger partial charge in [-0.25, -0.2) is 4.39 Å². The van der Waals surface area contributed by atoms with Gasteiger partial charge in [0.05, 0.1) is 5.56 Å². The van der Waals surface area contributed by atoms with Gasteiger partial charge in [-0.2, -0.15) is 5.26 Å². The normalized spacial score (nSPS) is 21.7. The molecular formula is C23H26FN3O2S. The first kappa shape index (κ1) is 20.8. The average Bonchev–Trinajstić information content (AvgIpc) is 3.48. The maximum absolute atomic E-state index is 14.8. The molecule has 2 fully saturated rings. The van der Waals surface area contributed by atoms with E-state index in [9.17, 15) is 9.18 Å². The van der Waals surface area contributed by atoms with E-state index in [4.69, 9.17) is 10.00 Å². The number of likely N-dealkylation sites (tertiary alicyclic amines) is 2. The lowest BCUT2D eigenvalue weighted by atomic mass is 10.1. The second kappa shape index (κ2) is 9.15. The molecule has 0 N–H and O–H groups in total. The maximum atomic E-state index is 14.8. The molecule has 1 unspecified atom stereocenters. The van der Waals surface area contributed by atoms with Gasteiger partial charge in [0.2, 0.25) is 0 Å². The number of rotatable bonds is 6. The highest BCUT2D eigenvalue weighted by molar-refractivity contribution is 7.10. The van der Waals surface area contributed by atoms with Crippen molar-refractivity contribution in [2.24, 2.45) is 0 Å². The van der Waals surface area contributed by atoms with Crippen LogP contribution in [0.3, 0.4) is 0 Å². The molecule has 2 aromatic rings. The van der Waals surface area contributed by atoms with E-state index >= 15 is 0 Å². The Morgan fingerprint density at radius 1 is 1.30 bits per heavy atom. The maximum Gasteiger partial charge on any atom is 0.257 e. The van der Waals surface area contributed by atoms with Crippen molar-refractivity contribution in [3.05, 3.63) is 51.5 Å². The molecule has 2 aliphatic heterocycles. The van der Waals surface area contributed by atoms with Crippen molar-refractivity contribution < 1.29 is 13.9 Å². The summed E-state index contributed by atoms with van der Waals surface area (Å²) in [6.45, 7) is 5.14. The third-order valence-corrected chi connectivity index (χ3v) is 7.00. The second-order valence-electron chi connectivity index (χ2n) is 8.14. The molecule has 0 saturated carbocycles. The van der Waals surface area contributed by atoms with E-state index in [1.54, 1.807) is 12.1 Å². The van der Waals surface area contributed by atoms with Gasteiger partial charge >= 0.3 is 0 Å². The predicted molar refractivity (Wildman–Crippen MR) is 114 cm³/mol. The number of nitrogens with zero attached hydrogens (tertiary/aromatic N) is 3. The number of benzene rings is 1. The van der Waals surface area contributed by atoms with Gasteiger partial charge in [-0.3, -0.25) is 9.69 Å². The molecule has 0 bridgehead atoms. The first-order chi connectivity index (χ1) is 14.5. The standard InChI is InChI=1S/C23H26FN3O2S/c1-16-4-2-8-26(16)13-18-5-3-9-27(18)23(28)21-7-6-19(11-22(21)24)29-14-17-10-20(12-25)30-15-17/h6-7,10-11,15-16,18H,2-5,8-9,13-14H2,1H3/t16-,18?/m0/s1. The van der Waals surface area contributed by atoms with Gasteiger partial charge in [-0.15, -0.1) is 11.3 Å². The SMILES string of the molecule is C[C@H]1CCCN1CC1CCCN1C(=O)c1ccc(OCc2csc(C#N)c2)cc1F. The highest BCUT2D eigenvalue weighted by Gasteiger charge is 2.33. The van der Waals surface area contributed by atoms with Crippen molar-refractivity contribution in [2.45, 2.75) is 51.3 Å². The van der Waals surface area contributed by atoms with Crippen molar-refractivity contribution in [3.8, 4) is 11.8 Å². The topological polar surface area (TPSA) is 56.6 Å². The number of hydrogen-bond acceptors (Lipinski definition) is 5. The molecule has 1 aromatic carbocycles. The summed E-state index contributed by atoms with van der Waals surface area (Å²) in [7, 11) is 0. The van der Waals surface area contributed by atoms with Gasteiger partial charge in [0.1, 0.15) is 29.1 Å². The van der Waals surface area contributed by atoms with E-state index in [1.807, 2.05) is 10.3 Å². The van der Waals surface area contributed by atoms with Crippen LogP contribution in [0, 0.1) is 17.1 Å². The number of nitriles is 1. The molecule has 2 aliphatic rings. The van der Waals surface area contributed by atoms with E-state index in [1.165, 1.54) is 36.3 Å². The van der Waals surface area contributed by atoms with Crippen LogP contribution >= 0.6 is 11.3 Å². The molecule has 158 valence electrons.